The van der Waals surface area contributed by atoms with Crippen LogP contribution in [0.2, 0.25) is 0 Å². The van der Waals surface area contributed by atoms with Crippen molar-refractivity contribution in [1.29, 1.82) is 0 Å². The van der Waals surface area contributed by atoms with Crippen molar-refractivity contribution in [3.63, 3.8) is 0 Å². The van der Waals surface area contributed by atoms with Crippen LogP contribution in [-0.2, 0) is 6.54 Å². The van der Waals surface area contributed by atoms with E-state index in [1.165, 1.54) is 29.7 Å². The van der Waals surface area contributed by atoms with Crippen molar-refractivity contribution in [2.45, 2.75) is 46.2 Å². The normalized spacial score (nSPS) is 14.9. The van der Waals surface area contributed by atoms with E-state index in [4.69, 9.17) is 5.10 Å². The summed E-state index contributed by atoms with van der Waals surface area (Å²) in [5, 5.41) is 8.27. The summed E-state index contributed by atoms with van der Waals surface area (Å²) < 4.78 is 2.06. The van der Waals surface area contributed by atoms with E-state index in [2.05, 4.69) is 55.0 Å². The van der Waals surface area contributed by atoms with Gasteiger partial charge in [-0.3, -0.25) is 0 Å². The lowest BCUT2D eigenvalue weighted by Crippen LogP contribution is -2.16. The Morgan fingerprint density at radius 2 is 2.05 bits per heavy atom. The maximum absolute atomic E-state index is 4.70. The Morgan fingerprint density at radius 1 is 1.26 bits per heavy atom. The van der Waals surface area contributed by atoms with Crippen LogP contribution < -0.4 is 5.32 Å². The molecule has 3 rings (SSSR count). The summed E-state index contributed by atoms with van der Waals surface area (Å²) in [7, 11) is 0. The number of benzene rings is 1. The maximum Gasteiger partial charge on any atom is 0.0651 e. The van der Waals surface area contributed by atoms with Crippen LogP contribution in [0.15, 0.2) is 24.3 Å². The third-order valence-electron chi connectivity index (χ3n) is 3.83. The van der Waals surface area contributed by atoms with Gasteiger partial charge in [-0.25, -0.2) is 4.68 Å². The first kappa shape index (κ1) is 12.4. The minimum atomic E-state index is 0.737. The number of nitrogens with one attached hydrogen (secondary N) is 1. The molecule has 0 atom stereocenters. The van der Waals surface area contributed by atoms with Crippen LogP contribution in [0.4, 0.5) is 0 Å². The maximum atomic E-state index is 4.70. The molecule has 19 heavy (non-hydrogen) atoms. The fourth-order valence-electron chi connectivity index (χ4n) is 2.48. The summed E-state index contributed by atoms with van der Waals surface area (Å²) >= 11 is 0. The van der Waals surface area contributed by atoms with Gasteiger partial charge in [0.05, 0.1) is 11.4 Å². The van der Waals surface area contributed by atoms with E-state index in [1.54, 1.807) is 0 Å². The molecule has 0 bridgehead atoms. The second kappa shape index (κ2) is 4.82. The highest BCUT2D eigenvalue weighted by molar-refractivity contribution is 5.39. The third kappa shape index (κ3) is 2.56. The van der Waals surface area contributed by atoms with Gasteiger partial charge in [-0.2, -0.15) is 5.10 Å². The molecule has 0 unspecified atom stereocenters. The molecule has 3 heteroatoms. The molecule has 0 aliphatic heterocycles. The average Bonchev–Trinajstić information content (AvgIpc) is 3.15. The Morgan fingerprint density at radius 3 is 2.74 bits per heavy atom. The second-order valence-electron chi connectivity index (χ2n) is 5.56. The smallest absolute Gasteiger partial charge is 0.0651 e. The minimum absolute atomic E-state index is 0.737. The van der Waals surface area contributed by atoms with Crippen molar-refractivity contribution in [3.8, 4) is 5.69 Å². The monoisotopic (exact) mass is 255 g/mol. The van der Waals surface area contributed by atoms with E-state index in [1.807, 2.05) is 0 Å². The Bertz CT molecular complexity index is 594. The Kier molecular flexibility index (Phi) is 3.15. The van der Waals surface area contributed by atoms with Crippen molar-refractivity contribution in [2.75, 3.05) is 0 Å². The van der Waals surface area contributed by atoms with Crippen LogP contribution in [0.5, 0.6) is 0 Å². The van der Waals surface area contributed by atoms with Gasteiger partial charge in [-0.15, -0.1) is 0 Å². The molecule has 2 aromatic rings. The molecule has 1 aromatic carbocycles. The van der Waals surface area contributed by atoms with Crippen molar-refractivity contribution in [1.82, 2.24) is 15.1 Å². The van der Waals surface area contributed by atoms with Gasteiger partial charge in [0, 0.05) is 23.8 Å². The predicted molar refractivity (Wildman–Crippen MR) is 77.6 cm³/mol. The first-order chi connectivity index (χ1) is 9.15. The Hall–Kier alpha value is -1.61. The van der Waals surface area contributed by atoms with Crippen molar-refractivity contribution >= 4 is 0 Å². The largest absolute Gasteiger partial charge is 0.310 e. The van der Waals surface area contributed by atoms with Crippen LogP contribution in [0, 0.1) is 20.8 Å². The highest BCUT2D eigenvalue weighted by Crippen LogP contribution is 2.22. The van der Waals surface area contributed by atoms with E-state index in [9.17, 15) is 0 Å². The molecular weight excluding hydrogens is 234 g/mol. The van der Waals surface area contributed by atoms with E-state index >= 15 is 0 Å². The van der Waals surface area contributed by atoms with Gasteiger partial charge >= 0.3 is 0 Å². The topological polar surface area (TPSA) is 29.9 Å². The van der Waals surface area contributed by atoms with Crippen LogP contribution >= 0.6 is 0 Å². The van der Waals surface area contributed by atoms with Crippen molar-refractivity contribution in [3.05, 3.63) is 46.8 Å². The first-order valence-corrected chi connectivity index (χ1v) is 7.00. The molecule has 0 spiro atoms. The van der Waals surface area contributed by atoms with Crippen molar-refractivity contribution in [2.24, 2.45) is 0 Å². The number of hydrogen-bond acceptors (Lipinski definition) is 2. The van der Waals surface area contributed by atoms with E-state index in [0.29, 0.717) is 0 Å². The molecule has 0 saturated heterocycles. The summed E-state index contributed by atoms with van der Waals surface area (Å²) in [4.78, 5) is 0. The first-order valence-electron chi connectivity index (χ1n) is 7.00. The number of aryl methyl sites for hydroxylation is 2. The highest BCUT2D eigenvalue weighted by atomic mass is 15.3. The Balaban J connectivity index is 1.91. The molecule has 3 nitrogen and oxygen atoms in total. The summed E-state index contributed by atoms with van der Waals surface area (Å²) in [6.45, 7) is 7.31. The van der Waals surface area contributed by atoms with Gasteiger partial charge in [0.25, 0.3) is 0 Å². The van der Waals surface area contributed by atoms with Crippen LogP contribution in [0.3, 0.4) is 0 Å². The second-order valence-corrected chi connectivity index (χ2v) is 5.56. The zero-order valence-electron chi connectivity index (χ0n) is 11.9. The molecule has 100 valence electrons. The number of rotatable bonds is 4. The molecule has 1 saturated carbocycles. The molecule has 1 aromatic heterocycles. The summed E-state index contributed by atoms with van der Waals surface area (Å²) in [6.07, 6.45) is 2.65. The summed E-state index contributed by atoms with van der Waals surface area (Å²) in [5.41, 5.74) is 6.14. The van der Waals surface area contributed by atoms with E-state index < -0.39 is 0 Å². The van der Waals surface area contributed by atoms with Crippen LogP contribution in [0.1, 0.15) is 35.4 Å². The van der Waals surface area contributed by atoms with Gasteiger partial charge in [0.15, 0.2) is 0 Å². The molecule has 0 amide bonds. The third-order valence-corrected chi connectivity index (χ3v) is 3.83. The van der Waals surface area contributed by atoms with E-state index in [-0.39, 0.29) is 0 Å². The summed E-state index contributed by atoms with van der Waals surface area (Å²) in [5.74, 6) is 0. The standard InChI is InChI=1S/C16H21N3/c1-11-5-4-6-15(9-11)19-13(3)16(12(2)18-19)10-17-14-7-8-14/h4-6,9,14,17H,7-8,10H2,1-3H3. The van der Waals surface area contributed by atoms with Crippen LogP contribution in [0.25, 0.3) is 5.69 Å². The zero-order valence-corrected chi connectivity index (χ0v) is 11.9. The quantitative estimate of drug-likeness (QED) is 0.910. The fourth-order valence-corrected chi connectivity index (χ4v) is 2.48. The van der Waals surface area contributed by atoms with Gasteiger partial charge in [-0.05, 0) is 51.3 Å². The van der Waals surface area contributed by atoms with Crippen molar-refractivity contribution < 1.29 is 0 Å². The Labute approximate surface area is 114 Å². The van der Waals surface area contributed by atoms with Gasteiger partial charge in [0.1, 0.15) is 0 Å². The van der Waals surface area contributed by atoms with Gasteiger partial charge in [-0.1, -0.05) is 12.1 Å². The predicted octanol–water partition coefficient (Wildman–Crippen LogP) is 3.05. The number of aromatic nitrogens is 2. The SMILES string of the molecule is Cc1cccc(-n2nc(C)c(CNC3CC3)c2C)c1. The lowest BCUT2D eigenvalue weighted by atomic mass is 10.2. The highest BCUT2D eigenvalue weighted by Gasteiger charge is 2.21. The molecule has 1 aliphatic carbocycles. The average molecular weight is 255 g/mol. The van der Waals surface area contributed by atoms with Gasteiger partial charge < -0.3 is 5.32 Å². The molecule has 1 heterocycles. The molecule has 1 aliphatic rings. The lowest BCUT2D eigenvalue weighted by Gasteiger charge is -2.07. The minimum Gasteiger partial charge on any atom is -0.310 e. The fraction of sp³-hybridized carbons (Fsp3) is 0.438. The van der Waals surface area contributed by atoms with E-state index in [0.717, 1.165) is 24.0 Å². The summed E-state index contributed by atoms with van der Waals surface area (Å²) in [6, 6.07) is 9.23. The molecule has 0 radical (unpaired) electrons. The number of hydrogen-bond donors (Lipinski definition) is 1. The molecular formula is C16H21N3. The molecule has 1 fully saturated rings. The molecule has 1 N–H and O–H groups in total. The van der Waals surface area contributed by atoms with Gasteiger partial charge in [0.2, 0.25) is 0 Å². The van der Waals surface area contributed by atoms with Crippen LogP contribution in [-0.4, -0.2) is 15.8 Å². The number of nitrogens with zero attached hydrogens (tertiary/aromatic N) is 2. The lowest BCUT2D eigenvalue weighted by molar-refractivity contribution is 0.682. The zero-order chi connectivity index (χ0) is 13.4.